The lowest BCUT2D eigenvalue weighted by molar-refractivity contribution is -0.00518. The third-order valence-corrected chi connectivity index (χ3v) is 10.9. The van der Waals surface area contributed by atoms with Crippen LogP contribution in [0.25, 0.3) is 56.1 Å². The number of nitriles is 1. The van der Waals surface area contributed by atoms with E-state index in [1.54, 1.807) is 0 Å². The zero-order chi connectivity index (χ0) is 30.7. The van der Waals surface area contributed by atoms with Crippen LogP contribution in [0, 0.1) is 29.1 Å². The van der Waals surface area contributed by atoms with Crippen molar-refractivity contribution in [3.8, 4) is 51.4 Å². The van der Waals surface area contributed by atoms with Crippen molar-refractivity contribution in [1.82, 2.24) is 15.0 Å². The molecule has 4 nitrogen and oxygen atoms in total. The summed E-state index contributed by atoms with van der Waals surface area (Å²) in [5.74, 6) is 4.77. The van der Waals surface area contributed by atoms with Gasteiger partial charge in [-0.05, 0) is 107 Å². The van der Waals surface area contributed by atoms with Crippen LogP contribution in [-0.4, -0.2) is 15.0 Å². The first kappa shape index (κ1) is 27.2. The van der Waals surface area contributed by atoms with E-state index in [1.165, 1.54) is 44.1 Å². The van der Waals surface area contributed by atoms with Crippen molar-refractivity contribution in [3.63, 3.8) is 0 Å². The minimum Gasteiger partial charge on any atom is -0.208 e. The zero-order valence-electron chi connectivity index (χ0n) is 25.7. The van der Waals surface area contributed by atoms with E-state index in [0.717, 1.165) is 56.3 Å². The van der Waals surface area contributed by atoms with Crippen molar-refractivity contribution in [2.45, 2.75) is 43.9 Å². The van der Waals surface area contributed by atoms with Crippen molar-refractivity contribution in [1.29, 1.82) is 5.26 Å². The van der Waals surface area contributed by atoms with Crippen LogP contribution in [0.1, 0.15) is 49.7 Å². The summed E-state index contributed by atoms with van der Waals surface area (Å²) in [6.07, 6.45) is 8.43. The molecule has 4 bridgehead atoms. The number of benzene rings is 5. The van der Waals surface area contributed by atoms with E-state index in [0.29, 0.717) is 28.5 Å². The molecule has 46 heavy (non-hydrogen) atoms. The van der Waals surface area contributed by atoms with Crippen LogP contribution in [-0.2, 0) is 5.41 Å². The Morgan fingerprint density at radius 3 is 1.72 bits per heavy atom. The Labute approximate surface area is 269 Å². The lowest BCUT2D eigenvalue weighted by Crippen LogP contribution is -2.48. The topological polar surface area (TPSA) is 62.5 Å². The SMILES string of the molecule is N#Cc1cccc(-c2ccc(-c3nc(-c4ccccc4)nc(-c4ccc(C56C[C@H]7C[C@@H](C5)C[C@@H](C6)C7)cc4)n3)c3ccccc23)c1. The molecule has 0 atom stereocenters. The second kappa shape index (κ2) is 10.7. The molecule has 4 aliphatic rings. The maximum absolute atomic E-state index is 9.51. The van der Waals surface area contributed by atoms with Crippen molar-refractivity contribution in [2.75, 3.05) is 0 Å². The molecule has 0 radical (unpaired) electrons. The molecule has 4 saturated carbocycles. The Morgan fingerprint density at radius 2 is 1.07 bits per heavy atom. The molecule has 0 aliphatic heterocycles. The van der Waals surface area contributed by atoms with E-state index in [4.69, 9.17) is 15.0 Å². The van der Waals surface area contributed by atoms with Gasteiger partial charge < -0.3 is 0 Å². The molecule has 0 amide bonds. The molecule has 222 valence electrons. The Bertz CT molecular complexity index is 2110. The van der Waals surface area contributed by atoms with Crippen molar-refractivity contribution >= 4 is 10.8 Å². The van der Waals surface area contributed by atoms with E-state index in [9.17, 15) is 5.26 Å². The molecule has 0 N–H and O–H groups in total. The van der Waals surface area contributed by atoms with Crippen LogP contribution < -0.4 is 0 Å². The quantitative estimate of drug-likeness (QED) is 0.199. The molecular formula is C42H34N4. The van der Waals surface area contributed by atoms with Gasteiger partial charge in [0.15, 0.2) is 17.5 Å². The average molecular weight is 595 g/mol. The maximum atomic E-state index is 9.51. The molecule has 0 unspecified atom stereocenters. The van der Waals surface area contributed by atoms with E-state index >= 15 is 0 Å². The van der Waals surface area contributed by atoms with Crippen molar-refractivity contribution in [2.24, 2.45) is 17.8 Å². The summed E-state index contributed by atoms with van der Waals surface area (Å²) in [7, 11) is 0. The maximum Gasteiger partial charge on any atom is 0.164 e. The second-order valence-electron chi connectivity index (χ2n) is 13.8. The van der Waals surface area contributed by atoms with Gasteiger partial charge in [-0.2, -0.15) is 5.26 Å². The fourth-order valence-electron chi connectivity index (χ4n) is 9.28. The average Bonchev–Trinajstić information content (AvgIpc) is 3.11. The number of hydrogen-bond donors (Lipinski definition) is 0. The van der Waals surface area contributed by atoms with E-state index < -0.39 is 0 Å². The van der Waals surface area contributed by atoms with Gasteiger partial charge in [-0.25, -0.2) is 15.0 Å². The smallest absolute Gasteiger partial charge is 0.164 e. The third kappa shape index (κ3) is 4.62. The Hall–Kier alpha value is -5.14. The summed E-state index contributed by atoms with van der Waals surface area (Å²) in [4.78, 5) is 15.2. The van der Waals surface area contributed by atoms with Crippen molar-refractivity contribution in [3.05, 3.63) is 126 Å². The van der Waals surface area contributed by atoms with Gasteiger partial charge in [0.05, 0.1) is 11.6 Å². The highest BCUT2D eigenvalue weighted by atomic mass is 15.0. The third-order valence-electron chi connectivity index (χ3n) is 10.9. The van der Waals surface area contributed by atoms with Crippen LogP contribution in [0.5, 0.6) is 0 Å². The molecule has 4 aliphatic carbocycles. The first-order chi connectivity index (χ1) is 22.6. The lowest BCUT2D eigenvalue weighted by Gasteiger charge is -2.57. The van der Waals surface area contributed by atoms with Crippen LogP contribution in [0.3, 0.4) is 0 Å². The van der Waals surface area contributed by atoms with E-state index in [-0.39, 0.29) is 0 Å². The number of hydrogen-bond acceptors (Lipinski definition) is 4. The fourth-order valence-corrected chi connectivity index (χ4v) is 9.28. The van der Waals surface area contributed by atoms with Gasteiger partial charge in [0.25, 0.3) is 0 Å². The van der Waals surface area contributed by atoms with Crippen molar-refractivity contribution < 1.29 is 0 Å². The van der Waals surface area contributed by atoms with E-state index in [1.807, 2.05) is 36.4 Å². The van der Waals surface area contributed by atoms with Gasteiger partial charge in [0.2, 0.25) is 0 Å². The minimum absolute atomic E-state index is 0.361. The number of nitrogens with zero attached hydrogens (tertiary/aromatic N) is 4. The van der Waals surface area contributed by atoms with Gasteiger partial charge in [-0.15, -0.1) is 0 Å². The largest absolute Gasteiger partial charge is 0.208 e. The highest BCUT2D eigenvalue weighted by Crippen LogP contribution is 2.60. The number of fused-ring (bicyclic) bond motifs is 1. The Morgan fingerprint density at radius 1 is 0.522 bits per heavy atom. The summed E-state index contributed by atoms with van der Waals surface area (Å²) in [5.41, 5.74) is 7.55. The molecule has 10 rings (SSSR count). The molecule has 5 aromatic carbocycles. The van der Waals surface area contributed by atoms with Gasteiger partial charge in [-0.3, -0.25) is 0 Å². The first-order valence-corrected chi connectivity index (χ1v) is 16.6. The molecule has 6 aromatic rings. The molecule has 0 saturated heterocycles. The summed E-state index contributed by atoms with van der Waals surface area (Å²) >= 11 is 0. The van der Waals surface area contributed by atoms with E-state index in [2.05, 4.69) is 84.9 Å². The first-order valence-electron chi connectivity index (χ1n) is 16.6. The van der Waals surface area contributed by atoms with Gasteiger partial charge >= 0.3 is 0 Å². The molecule has 1 aromatic heterocycles. The Balaban J connectivity index is 1.16. The van der Waals surface area contributed by atoms with Crippen LogP contribution in [0.2, 0.25) is 0 Å². The molecular weight excluding hydrogens is 560 g/mol. The number of rotatable bonds is 5. The normalized spacial score (nSPS) is 23.0. The van der Waals surface area contributed by atoms with Gasteiger partial charge in [-0.1, -0.05) is 97.1 Å². The highest BCUT2D eigenvalue weighted by Gasteiger charge is 2.51. The molecule has 4 fully saturated rings. The second-order valence-corrected chi connectivity index (χ2v) is 13.8. The zero-order valence-corrected chi connectivity index (χ0v) is 25.7. The summed E-state index contributed by atoms with van der Waals surface area (Å²) in [5, 5.41) is 11.7. The molecule has 0 spiro atoms. The Kier molecular flexibility index (Phi) is 6.35. The number of aromatic nitrogens is 3. The van der Waals surface area contributed by atoms with Gasteiger partial charge in [0, 0.05) is 16.7 Å². The summed E-state index contributed by atoms with van der Waals surface area (Å²) in [6, 6.07) is 42.1. The van der Waals surface area contributed by atoms with Crippen LogP contribution in [0.4, 0.5) is 0 Å². The van der Waals surface area contributed by atoms with Gasteiger partial charge in [0.1, 0.15) is 0 Å². The summed E-state index contributed by atoms with van der Waals surface area (Å²) in [6.45, 7) is 0. The predicted octanol–water partition coefficient (Wildman–Crippen LogP) is 10.0. The summed E-state index contributed by atoms with van der Waals surface area (Å²) < 4.78 is 0. The predicted molar refractivity (Wildman–Crippen MR) is 184 cm³/mol. The standard InChI is InChI=1S/C42H34N4/c43-26-27-7-6-10-33(22-27)35-17-18-38(37-12-5-4-11-36(35)37)41-45-39(31-8-2-1-3-9-31)44-40(46-41)32-13-15-34(16-14-32)42-23-28-19-29(24-42)21-30(20-28)25-42/h1-18,22,28-30H,19-21,23-25H2/t28-,29+,30-,42?. The lowest BCUT2D eigenvalue weighted by atomic mass is 9.48. The molecule has 4 heteroatoms. The van der Waals surface area contributed by atoms with Crippen LogP contribution in [0.15, 0.2) is 115 Å². The fraction of sp³-hybridized carbons (Fsp3) is 0.238. The van der Waals surface area contributed by atoms with Crippen LogP contribution >= 0.6 is 0 Å². The molecule has 1 heterocycles. The minimum atomic E-state index is 0.361. The monoisotopic (exact) mass is 594 g/mol. The highest BCUT2D eigenvalue weighted by molar-refractivity contribution is 6.04.